The van der Waals surface area contributed by atoms with E-state index in [2.05, 4.69) is 92.1 Å². The van der Waals surface area contributed by atoms with E-state index < -0.39 is 12.1 Å². The number of amides is 1. The molecule has 0 radical (unpaired) electrons. The third-order valence-corrected chi connectivity index (χ3v) is 11.1. The average molecular weight is 832 g/mol. The quantitative estimate of drug-likeness (QED) is 0.0423. The van der Waals surface area contributed by atoms with Crippen molar-refractivity contribution in [3.8, 4) is 0 Å². The van der Waals surface area contributed by atoms with Crippen molar-refractivity contribution in [2.45, 2.75) is 244 Å². The van der Waals surface area contributed by atoms with E-state index in [1.807, 2.05) is 18.2 Å². The smallest absolute Gasteiger partial charge is 0.224 e. The molecule has 1 amide bonds. The van der Waals surface area contributed by atoms with Crippen molar-refractivity contribution < 1.29 is 15.0 Å². The minimum atomic E-state index is -0.917. The molecule has 0 aromatic rings. The Morgan fingerprint density at radius 3 is 1.13 bits per heavy atom. The molecule has 0 rings (SSSR count). The fourth-order valence-electron chi connectivity index (χ4n) is 7.22. The summed E-state index contributed by atoms with van der Waals surface area (Å²) in [5, 5.41) is 22.9. The monoisotopic (exact) mass is 832 g/mol. The van der Waals surface area contributed by atoms with Gasteiger partial charge in [0.25, 0.3) is 0 Å². The van der Waals surface area contributed by atoms with Gasteiger partial charge in [-0.3, -0.25) is 4.79 Å². The first-order valence-corrected chi connectivity index (χ1v) is 25.5. The molecule has 2 unspecified atom stereocenters. The summed E-state index contributed by atoms with van der Waals surface area (Å²) in [5.41, 5.74) is 0. The van der Waals surface area contributed by atoms with Gasteiger partial charge < -0.3 is 15.5 Å². The number of nitrogens with one attached hydrogen (secondary N) is 1. The van der Waals surface area contributed by atoms with Crippen LogP contribution in [0.15, 0.2) is 97.2 Å². The highest BCUT2D eigenvalue weighted by atomic mass is 16.3. The number of carbonyl (C=O) groups is 1. The molecule has 0 aromatic carbocycles. The average Bonchev–Trinajstić information content (AvgIpc) is 3.25. The topological polar surface area (TPSA) is 69.6 Å². The fourth-order valence-corrected chi connectivity index (χ4v) is 7.22. The lowest BCUT2D eigenvalue weighted by atomic mass is 10.0. The van der Waals surface area contributed by atoms with Gasteiger partial charge in [-0.15, -0.1) is 0 Å². The first-order chi connectivity index (χ1) is 29.7. The van der Waals surface area contributed by atoms with E-state index in [-0.39, 0.29) is 18.9 Å². The second-order valence-electron chi connectivity index (χ2n) is 16.9. The van der Waals surface area contributed by atoms with Crippen molar-refractivity contribution in [2.75, 3.05) is 6.61 Å². The highest BCUT2D eigenvalue weighted by molar-refractivity contribution is 5.77. The van der Waals surface area contributed by atoms with E-state index in [9.17, 15) is 15.0 Å². The second-order valence-corrected chi connectivity index (χ2v) is 16.9. The zero-order valence-corrected chi connectivity index (χ0v) is 39.4. The second kappa shape index (κ2) is 50.7. The Labute approximate surface area is 373 Å². The van der Waals surface area contributed by atoms with Crippen LogP contribution in [-0.2, 0) is 4.79 Å². The van der Waals surface area contributed by atoms with Crippen LogP contribution in [0, 0.1) is 0 Å². The van der Waals surface area contributed by atoms with Crippen molar-refractivity contribution in [1.29, 1.82) is 0 Å². The van der Waals surface area contributed by atoms with Gasteiger partial charge in [-0.05, 0) is 70.6 Å². The van der Waals surface area contributed by atoms with E-state index in [1.165, 1.54) is 154 Å². The van der Waals surface area contributed by atoms with Crippen molar-refractivity contribution in [3.63, 3.8) is 0 Å². The Kier molecular flexibility index (Phi) is 48.4. The molecule has 0 saturated carbocycles. The predicted molar refractivity (Wildman–Crippen MR) is 266 cm³/mol. The summed E-state index contributed by atoms with van der Waals surface area (Å²) in [7, 11) is 0. The molecule has 0 aliphatic rings. The van der Waals surface area contributed by atoms with E-state index >= 15 is 0 Å². The van der Waals surface area contributed by atoms with E-state index in [1.54, 1.807) is 6.08 Å². The number of aliphatic hydroxyl groups is 2. The van der Waals surface area contributed by atoms with Gasteiger partial charge in [-0.2, -0.15) is 0 Å². The fraction of sp³-hybridized carbons (Fsp3) is 0.696. The molecule has 344 valence electrons. The van der Waals surface area contributed by atoms with Crippen LogP contribution in [0.5, 0.6) is 0 Å². The van der Waals surface area contributed by atoms with E-state index in [0.29, 0.717) is 0 Å². The molecule has 0 saturated heterocycles. The van der Waals surface area contributed by atoms with Crippen molar-refractivity contribution >= 4 is 5.91 Å². The number of unbranched alkanes of at least 4 members (excludes halogenated alkanes) is 25. The zero-order chi connectivity index (χ0) is 43.5. The Bertz CT molecular complexity index is 1130. The van der Waals surface area contributed by atoms with Crippen LogP contribution in [0.3, 0.4) is 0 Å². The summed E-state index contributed by atoms with van der Waals surface area (Å²) in [6, 6.07) is -0.706. The molecular weight excluding hydrogens is 735 g/mol. The van der Waals surface area contributed by atoms with Crippen LogP contribution in [0.1, 0.15) is 232 Å². The lowest BCUT2D eigenvalue weighted by Crippen LogP contribution is -2.44. The normalized spacial score (nSPS) is 13.7. The molecular formula is C56H97NO3. The molecule has 0 aromatic heterocycles. The molecule has 0 spiro atoms. The van der Waals surface area contributed by atoms with Gasteiger partial charge in [0.2, 0.25) is 5.91 Å². The maximum Gasteiger partial charge on any atom is 0.224 e. The Hall–Kier alpha value is -2.69. The van der Waals surface area contributed by atoms with Crippen LogP contribution >= 0.6 is 0 Å². The van der Waals surface area contributed by atoms with Crippen LogP contribution in [0.4, 0.5) is 0 Å². The van der Waals surface area contributed by atoms with Crippen molar-refractivity contribution in [1.82, 2.24) is 5.32 Å². The molecule has 0 heterocycles. The Balaban J connectivity index is 3.63. The number of rotatable bonds is 45. The highest BCUT2D eigenvalue weighted by Gasteiger charge is 2.17. The number of hydrogen-bond acceptors (Lipinski definition) is 3. The number of aliphatic hydroxyl groups excluding tert-OH is 2. The number of allylic oxidation sites excluding steroid dienone is 14. The Morgan fingerprint density at radius 2 is 0.750 bits per heavy atom. The molecule has 2 atom stereocenters. The van der Waals surface area contributed by atoms with Crippen molar-refractivity contribution in [3.05, 3.63) is 97.2 Å². The van der Waals surface area contributed by atoms with Gasteiger partial charge in [0.05, 0.1) is 18.8 Å². The molecule has 3 N–H and O–H groups in total. The Morgan fingerprint density at radius 1 is 0.417 bits per heavy atom. The number of carbonyl (C=O) groups excluding carboxylic acids is 1. The summed E-state index contributed by atoms with van der Waals surface area (Å²) < 4.78 is 0. The standard InChI is InChI=1S/C56H97NO3/c1-3-5-7-9-11-13-15-17-19-20-21-22-23-24-25-26-27-28-29-30-31-32-33-34-35-36-38-39-41-43-45-47-49-51-55(59)54(53-58)57-56(60)52-50-48-46-44-42-40-37-18-16-14-12-10-8-6-4-2/h6,8,12,14,18,35-37,41-44,48-51,54-55,58-59H,3-5,7,9-11,13,15-17,19-34,38-40,45-47,52-53H2,1-2H3,(H,57,60)/b8-6-,14-12-,36-35+,37-18-,43-41+,44-42-,50-48-,51-49+. The van der Waals surface area contributed by atoms with Crippen LogP contribution in [0.25, 0.3) is 0 Å². The summed E-state index contributed by atoms with van der Waals surface area (Å²) in [4.78, 5) is 12.3. The zero-order valence-electron chi connectivity index (χ0n) is 39.4. The van der Waals surface area contributed by atoms with Gasteiger partial charge in [-0.1, -0.05) is 252 Å². The number of hydrogen-bond donors (Lipinski definition) is 3. The summed E-state index contributed by atoms with van der Waals surface area (Å²) in [5.74, 6) is -0.207. The van der Waals surface area contributed by atoms with Gasteiger partial charge in [-0.25, -0.2) is 0 Å². The van der Waals surface area contributed by atoms with Gasteiger partial charge in [0, 0.05) is 6.42 Å². The summed E-state index contributed by atoms with van der Waals surface area (Å²) >= 11 is 0. The molecule has 4 heteroatoms. The molecule has 0 fully saturated rings. The molecule has 60 heavy (non-hydrogen) atoms. The maximum atomic E-state index is 12.3. The minimum absolute atomic E-state index is 0.207. The molecule has 0 aliphatic heterocycles. The molecule has 0 aliphatic carbocycles. The first-order valence-electron chi connectivity index (χ1n) is 25.5. The largest absolute Gasteiger partial charge is 0.394 e. The summed E-state index contributed by atoms with van der Waals surface area (Å²) in [6.45, 7) is 4.13. The SMILES string of the molecule is CC/C=C\C/C=C\C/C=C\C/C=C\C/C=C\CC(=O)NC(CO)C(O)/C=C/CC/C=C/CC/C=C/CCCCCCCCCCCCCCCCCCCCCCCCC. The highest BCUT2D eigenvalue weighted by Crippen LogP contribution is 2.16. The third kappa shape index (κ3) is 46.4. The lowest BCUT2D eigenvalue weighted by molar-refractivity contribution is -0.122. The van der Waals surface area contributed by atoms with Gasteiger partial charge in [0.1, 0.15) is 0 Å². The van der Waals surface area contributed by atoms with Crippen molar-refractivity contribution in [2.24, 2.45) is 0 Å². The van der Waals surface area contributed by atoms with Gasteiger partial charge >= 0.3 is 0 Å². The van der Waals surface area contributed by atoms with E-state index in [0.717, 1.165) is 57.8 Å². The predicted octanol–water partition coefficient (Wildman–Crippen LogP) is 16.6. The van der Waals surface area contributed by atoms with Crippen LogP contribution in [0.2, 0.25) is 0 Å². The third-order valence-electron chi connectivity index (χ3n) is 11.1. The lowest BCUT2D eigenvalue weighted by Gasteiger charge is -2.19. The van der Waals surface area contributed by atoms with E-state index in [4.69, 9.17) is 0 Å². The first kappa shape index (κ1) is 57.3. The summed E-state index contributed by atoms with van der Waals surface area (Å²) in [6.07, 6.45) is 75.9. The maximum absolute atomic E-state index is 12.3. The van der Waals surface area contributed by atoms with Gasteiger partial charge in [0.15, 0.2) is 0 Å². The van der Waals surface area contributed by atoms with Crippen LogP contribution in [-0.4, -0.2) is 34.9 Å². The minimum Gasteiger partial charge on any atom is -0.394 e. The van der Waals surface area contributed by atoms with Crippen LogP contribution < -0.4 is 5.32 Å². The molecule has 0 bridgehead atoms. The molecule has 4 nitrogen and oxygen atoms in total.